The van der Waals surface area contributed by atoms with Gasteiger partial charge in [0.2, 0.25) is 0 Å². The Labute approximate surface area is 109 Å². The maximum absolute atomic E-state index is 11.7. The van der Waals surface area contributed by atoms with Crippen molar-refractivity contribution in [3.63, 3.8) is 0 Å². The fraction of sp³-hybridized carbons (Fsp3) is 0.643. The van der Waals surface area contributed by atoms with E-state index in [4.69, 9.17) is 0 Å². The van der Waals surface area contributed by atoms with Crippen LogP contribution in [0.15, 0.2) is 6.07 Å². The summed E-state index contributed by atoms with van der Waals surface area (Å²) in [7, 11) is 2.05. The van der Waals surface area contributed by atoms with Crippen LogP contribution in [0.4, 0.5) is 4.79 Å². The molecule has 1 saturated carbocycles. The van der Waals surface area contributed by atoms with Gasteiger partial charge in [-0.15, -0.1) is 0 Å². The molecule has 4 nitrogen and oxygen atoms in total. The fourth-order valence-electron chi connectivity index (χ4n) is 2.59. The summed E-state index contributed by atoms with van der Waals surface area (Å²) in [5.41, 5.74) is 3.63. The Morgan fingerprint density at radius 2 is 2.06 bits per heavy atom. The van der Waals surface area contributed by atoms with E-state index < -0.39 is 0 Å². The summed E-state index contributed by atoms with van der Waals surface area (Å²) in [4.78, 5) is 11.7. The minimum atomic E-state index is -0.0391. The molecular weight excluding hydrogens is 226 g/mol. The summed E-state index contributed by atoms with van der Waals surface area (Å²) in [6, 6.07) is 2.47. The summed E-state index contributed by atoms with van der Waals surface area (Å²) >= 11 is 0. The first kappa shape index (κ1) is 13.0. The third kappa shape index (κ3) is 2.86. The van der Waals surface area contributed by atoms with E-state index >= 15 is 0 Å². The standard InChI is InChI=1S/C14H23N3O/c1-10-8-12(11(2)17(10)3)9-15-14(18)16-13-6-4-5-7-13/h8,13H,4-7,9H2,1-3H3,(H2,15,16,18). The molecule has 0 aromatic carbocycles. The Balaban J connectivity index is 1.83. The topological polar surface area (TPSA) is 46.1 Å². The lowest BCUT2D eigenvalue weighted by Gasteiger charge is -2.13. The van der Waals surface area contributed by atoms with Gasteiger partial charge in [0.1, 0.15) is 0 Å². The number of nitrogens with zero attached hydrogens (tertiary/aromatic N) is 1. The van der Waals surface area contributed by atoms with Gasteiger partial charge in [-0.25, -0.2) is 4.79 Å². The number of nitrogens with one attached hydrogen (secondary N) is 2. The lowest BCUT2D eigenvalue weighted by Crippen LogP contribution is -2.40. The molecule has 0 radical (unpaired) electrons. The molecule has 18 heavy (non-hydrogen) atoms. The van der Waals surface area contributed by atoms with Crippen LogP contribution in [0.3, 0.4) is 0 Å². The molecule has 0 spiro atoms. The van der Waals surface area contributed by atoms with Crippen molar-refractivity contribution in [2.45, 2.75) is 52.1 Å². The lowest BCUT2D eigenvalue weighted by atomic mass is 10.2. The molecule has 4 heteroatoms. The second kappa shape index (κ2) is 5.46. The monoisotopic (exact) mass is 249 g/mol. The van der Waals surface area contributed by atoms with Crippen LogP contribution >= 0.6 is 0 Å². The summed E-state index contributed by atoms with van der Waals surface area (Å²) < 4.78 is 2.14. The SMILES string of the molecule is Cc1cc(CNC(=O)NC2CCCC2)c(C)n1C. The van der Waals surface area contributed by atoms with Crippen LogP contribution in [0.1, 0.15) is 42.6 Å². The highest BCUT2D eigenvalue weighted by molar-refractivity contribution is 5.74. The van der Waals surface area contributed by atoms with E-state index in [1.54, 1.807) is 0 Å². The Hall–Kier alpha value is -1.45. The van der Waals surface area contributed by atoms with Crippen molar-refractivity contribution in [3.05, 3.63) is 23.0 Å². The minimum absolute atomic E-state index is 0.0391. The third-order valence-electron chi connectivity index (χ3n) is 4.01. The zero-order chi connectivity index (χ0) is 13.1. The summed E-state index contributed by atoms with van der Waals surface area (Å²) in [5, 5.41) is 5.98. The third-order valence-corrected chi connectivity index (χ3v) is 4.01. The number of rotatable bonds is 3. The zero-order valence-electron chi connectivity index (χ0n) is 11.5. The molecule has 1 heterocycles. The Kier molecular flexibility index (Phi) is 3.94. The van der Waals surface area contributed by atoms with Crippen molar-refractivity contribution in [3.8, 4) is 0 Å². The number of aromatic nitrogens is 1. The second-order valence-electron chi connectivity index (χ2n) is 5.26. The predicted molar refractivity (Wildman–Crippen MR) is 72.5 cm³/mol. The van der Waals surface area contributed by atoms with Gasteiger partial charge in [-0.05, 0) is 38.3 Å². The van der Waals surface area contributed by atoms with Gasteiger partial charge in [-0.2, -0.15) is 0 Å². The number of aryl methyl sites for hydroxylation is 1. The quantitative estimate of drug-likeness (QED) is 0.849. The molecule has 0 atom stereocenters. The zero-order valence-corrected chi connectivity index (χ0v) is 11.5. The van der Waals surface area contributed by atoms with E-state index in [0.717, 1.165) is 12.8 Å². The van der Waals surface area contributed by atoms with Gasteiger partial charge in [-0.1, -0.05) is 12.8 Å². The number of amides is 2. The molecule has 1 aliphatic rings. The Morgan fingerprint density at radius 1 is 1.39 bits per heavy atom. The maximum Gasteiger partial charge on any atom is 0.315 e. The molecular formula is C14H23N3O. The highest BCUT2D eigenvalue weighted by Gasteiger charge is 2.17. The molecule has 2 amide bonds. The van der Waals surface area contributed by atoms with Crippen LogP contribution in [0.5, 0.6) is 0 Å². The van der Waals surface area contributed by atoms with Crippen LogP contribution in [-0.2, 0) is 13.6 Å². The molecule has 0 bridgehead atoms. The van der Waals surface area contributed by atoms with E-state index in [0.29, 0.717) is 12.6 Å². The summed E-state index contributed by atoms with van der Waals surface area (Å²) in [6.07, 6.45) is 4.72. The van der Waals surface area contributed by atoms with E-state index in [-0.39, 0.29) is 6.03 Å². The molecule has 2 rings (SSSR count). The molecule has 0 unspecified atom stereocenters. The van der Waals surface area contributed by atoms with E-state index in [1.165, 1.54) is 29.8 Å². The second-order valence-corrected chi connectivity index (χ2v) is 5.26. The normalized spacial score (nSPS) is 15.9. The van der Waals surface area contributed by atoms with Crippen molar-refractivity contribution in [2.75, 3.05) is 0 Å². The van der Waals surface area contributed by atoms with Crippen molar-refractivity contribution in [1.82, 2.24) is 15.2 Å². The van der Waals surface area contributed by atoms with Gasteiger partial charge in [0.05, 0.1) is 0 Å². The van der Waals surface area contributed by atoms with E-state index in [9.17, 15) is 4.79 Å². The predicted octanol–water partition coefficient (Wildman–Crippen LogP) is 2.38. The van der Waals surface area contributed by atoms with Crippen molar-refractivity contribution < 1.29 is 4.79 Å². The fourth-order valence-corrected chi connectivity index (χ4v) is 2.59. The van der Waals surface area contributed by atoms with Crippen molar-refractivity contribution in [2.24, 2.45) is 7.05 Å². The highest BCUT2D eigenvalue weighted by Crippen LogP contribution is 2.17. The van der Waals surface area contributed by atoms with Crippen molar-refractivity contribution >= 4 is 6.03 Å². The summed E-state index contributed by atoms with van der Waals surface area (Å²) in [5.74, 6) is 0. The average Bonchev–Trinajstić information content (AvgIpc) is 2.92. The van der Waals surface area contributed by atoms with E-state index in [1.807, 2.05) is 7.05 Å². The first-order valence-corrected chi connectivity index (χ1v) is 6.74. The minimum Gasteiger partial charge on any atom is -0.352 e. The number of carbonyl (C=O) groups is 1. The van der Waals surface area contributed by atoms with Gasteiger partial charge in [0, 0.05) is 31.0 Å². The summed E-state index contributed by atoms with van der Waals surface area (Å²) in [6.45, 7) is 4.76. The van der Waals surface area contributed by atoms with Crippen molar-refractivity contribution in [1.29, 1.82) is 0 Å². The van der Waals surface area contributed by atoms with Crippen LogP contribution in [0, 0.1) is 13.8 Å². The lowest BCUT2D eigenvalue weighted by molar-refractivity contribution is 0.236. The average molecular weight is 249 g/mol. The van der Waals surface area contributed by atoms with Gasteiger partial charge in [0.25, 0.3) is 0 Å². The highest BCUT2D eigenvalue weighted by atomic mass is 16.2. The molecule has 1 aromatic rings. The van der Waals surface area contributed by atoms with Gasteiger partial charge in [0.15, 0.2) is 0 Å². The van der Waals surface area contributed by atoms with Gasteiger partial charge in [-0.3, -0.25) is 0 Å². The molecule has 2 N–H and O–H groups in total. The van der Waals surface area contributed by atoms with Gasteiger partial charge >= 0.3 is 6.03 Å². The van der Waals surface area contributed by atoms with Crippen LogP contribution in [-0.4, -0.2) is 16.6 Å². The number of hydrogen-bond acceptors (Lipinski definition) is 1. The Bertz CT molecular complexity index is 430. The molecule has 1 aromatic heterocycles. The number of urea groups is 1. The first-order valence-electron chi connectivity index (χ1n) is 6.74. The first-order chi connectivity index (χ1) is 8.58. The molecule has 1 fully saturated rings. The van der Waals surface area contributed by atoms with Crippen LogP contribution in [0.25, 0.3) is 0 Å². The molecule has 100 valence electrons. The van der Waals surface area contributed by atoms with Crippen LogP contribution < -0.4 is 10.6 Å². The Morgan fingerprint density at radius 3 is 2.61 bits per heavy atom. The number of carbonyl (C=O) groups excluding carboxylic acids is 1. The maximum atomic E-state index is 11.7. The number of hydrogen-bond donors (Lipinski definition) is 2. The largest absolute Gasteiger partial charge is 0.352 e. The van der Waals surface area contributed by atoms with Crippen LogP contribution in [0.2, 0.25) is 0 Å². The molecule has 0 aliphatic heterocycles. The molecule has 1 aliphatic carbocycles. The molecule has 0 saturated heterocycles. The van der Waals surface area contributed by atoms with E-state index in [2.05, 4.69) is 35.1 Å². The smallest absolute Gasteiger partial charge is 0.315 e. The van der Waals surface area contributed by atoms with Gasteiger partial charge < -0.3 is 15.2 Å².